The molecule has 0 bridgehead atoms. The summed E-state index contributed by atoms with van der Waals surface area (Å²) in [6, 6.07) is 25.1. The van der Waals surface area contributed by atoms with Gasteiger partial charge in [-0.2, -0.15) is 0 Å². The van der Waals surface area contributed by atoms with Crippen molar-refractivity contribution in [3.63, 3.8) is 0 Å². The van der Waals surface area contributed by atoms with Crippen LogP contribution in [0.1, 0.15) is 41.0 Å². The fourth-order valence-electron chi connectivity index (χ4n) is 4.38. The van der Waals surface area contributed by atoms with Crippen LogP contribution in [0.4, 0.5) is 0 Å². The van der Waals surface area contributed by atoms with Gasteiger partial charge in [-0.15, -0.1) is 0 Å². The van der Waals surface area contributed by atoms with Crippen LogP contribution in [-0.2, 0) is 27.3 Å². The maximum Gasteiger partial charge on any atom is 0.266 e. The van der Waals surface area contributed by atoms with E-state index in [1.165, 1.54) is 4.90 Å². The second-order valence-electron chi connectivity index (χ2n) is 10.1. The van der Waals surface area contributed by atoms with Gasteiger partial charge in [0.25, 0.3) is 5.96 Å². The zero-order valence-electron chi connectivity index (χ0n) is 24.2. The predicted molar refractivity (Wildman–Crippen MR) is 163 cm³/mol. The van der Waals surface area contributed by atoms with Gasteiger partial charge < -0.3 is 26.6 Å². The van der Waals surface area contributed by atoms with E-state index in [0.717, 1.165) is 22.3 Å². The fraction of sp³-hybridized carbons (Fsp3) is 0.290. The molecule has 0 saturated heterocycles. The smallest absolute Gasteiger partial charge is 0.266 e. The van der Waals surface area contributed by atoms with Crippen LogP contribution in [0.5, 0.6) is 0 Å². The summed E-state index contributed by atoms with van der Waals surface area (Å²) in [5.74, 6) is -1.72. The second-order valence-corrected chi connectivity index (χ2v) is 10.1. The van der Waals surface area contributed by atoms with Crippen LogP contribution in [-0.4, -0.2) is 60.3 Å². The molecule has 0 heterocycles. The van der Waals surface area contributed by atoms with Gasteiger partial charge in [0.1, 0.15) is 11.1 Å². The van der Waals surface area contributed by atoms with E-state index < -0.39 is 17.0 Å². The Kier molecular flexibility index (Phi) is 12.2. The number of carbonyl (C=O) groups is 3. The topological polar surface area (TPSA) is 172 Å². The molecule has 226 valence electrons. The Morgan fingerprint density at radius 2 is 1.42 bits per heavy atom. The van der Waals surface area contributed by atoms with Crippen LogP contribution < -0.4 is 21.7 Å². The monoisotopic (exact) mass is 587 g/mol. The highest BCUT2D eigenvalue weighted by Crippen LogP contribution is 2.25. The fourth-order valence-corrected chi connectivity index (χ4v) is 4.38. The number of guanidine groups is 1. The van der Waals surface area contributed by atoms with Gasteiger partial charge >= 0.3 is 0 Å². The SMILES string of the molecule is CN(C)C(=O)Cc1ccc(CNC(=O)[C@@H](CCCNC(N)=N[N+](=O)[O-])NC(=O)C(c2ccccc2)c2ccccc2)cc1. The summed E-state index contributed by atoms with van der Waals surface area (Å²) in [4.78, 5) is 51.1. The number of carbonyl (C=O) groups excluding carboxylic acids is 3. The number of rotatable bonds is 14. The summed E-state index contributed by atoms with van der Waals surface area (Å²) in [7, 11) is 3.41. The lowest BCUT2D eigenvalue weighted by Gasteiger charge is -2.23. The molecule has 0 aromatic heterocycles. The van der Waals surface area contributed by atoms with Crippen molar-refractivity contribution in [3.05, 3.63) is 117 Å². The second kappa shape index (κ2) is 16.2. The molecule has 0 unspecified atom stereocenters. The maximum absolute atomic E-state index is 13.7. The largest absolute Gasteiger partial charge is 0.365 e. The molecule has 12 heteroatoms. The molecule has 3 aromatic carbocycles. The first-order valence-electron chi connectivity index (χ1n) is 13.8. The Morgan fingerprint density at radius 1 is 0.860 bits per heavy atom. The number of hydrogen-bond donors (Lipinski definition) is 4. The Hall–Kier alpha value is -5.26. The number of nitro groups is 1. The molecule has 0 aliphatic heterocycles. The third kappa shape index (κ3) is 10.6. The number of likely N-dealkylation sites (N-methyl/N-ethyl adjacent to an activating group) is 1. The molecule has 5 N–H and O–H groups in total. The van der Waals surface area contributed by atoms with Crippen LogP contribution in [0.2, 0.25) is 0 Å². The zero-order valence-corrected chi connectivity index (χ0v) is 24.2. The van der Waals surface area contributed by atoms with Crippen molar-refractivity contribution < 1.29 is 19.4 Å². The highest BCUT2D eigenvalue weighted by Gasteiger charge is 2.27. The van der Waals surface area contributed by atoms with Gasteiger partial charge in [-0.25, -0.2) is 10.1 Å². The van der Waals surface area contributed by atoms with E-state index in [2.05, 4.69) is 21.1 Å². The molecule has 43 heavy (non-hydrogen) atoms. The Balaban J connectivity index is 1.72. The highest BCUT2D eigenvalue weighted by molar-refractivity contribution is 5.92. The molecule has 3 rings (SSSR count). The molecule has 0 aliphatic rings. The maximum atomic E-state index is 13.7. The van der Waals surface area contributed by atoms with E-state index in [1.807, 2.05) is 84.9 Å². The molecule has 0 saturated carbocycles. The molecule has 3 amide bonds. The van der Waals surface area contributed by atoms with Gasteiger partial charge in [-0.3, -0.25) is 14.4 Å². The van der Waals surface area contributed by atoms with Crippen molar-refractivity contribution in [2.24, 2.45) is 10.8 Å². The van der Waals surface area contributed by atoms with E-state index in [9.17, 15) is 24.5 Å². The van der Waals surface area contributed by atoms with Gasteiger partial charge in [0.15, 0.2) is 5.03 Å². The number of hydrazone groups is 1. The van der Waals surface area contributed by atoms with Crippen molar-refractivity contribution >= 4 is 23.7 Å². The van der Waals surface area contributed by atoms with Crippen LogP contribution in [0.25, 0.3) is 0 Å². The normalized spacial score (nSPS) is 11.8. The highest BCUT2D eigenvalue weighted by atomic mass is 16.7. The molecule has 0 fully saturated rings. The molecular formula is C31H37N7O5. The minimum atomic E-state index is -0.904. The van der Waals surface area contributed by atoms with Crippen molar-refractivity contribution in [1.82, 2.24) is 20.9 Å². The zero-order chi connectivity index (χ0) is 31.2. The van der Waals surface area contributed by atoms with E-state index in [0.29, 0.717) is 6.42 Å². The summed E-state index contributed by atoms with van der Waals surface area (Å²) in [5, 5.41) is 21.1. The van der Waals surface area contributed by atoms with Crippen molar-refractivity contribution in [2.45, 2.75) is 37.8 Å². The van der Waals surface area contributed by atoms with Gasteiger partial charge in [-0.1, -0.05) is 84.9 Å². The van der Waals surface area contributed by atoms with Crippen LogP contribution >= 0.6 is 0 Å². The quantitative estimate of drug-likeness (QED) is 0.0735. The number of benzene rings is 3. The molecule has 0 spiro atoms. The molecule has 0 radical (unpaired) electrons. The number of hydrogen-bond acceptors (Lipinski definition) is 5. The number of nitrogens with zero attached hydrogens (tertiary/aromatic N) is 3. The first kappa shape index (κ1) is 32.3. The lowest BCUT2D eigenvalue weighted by molar-refractivity contribution is -0.485. The Labute approximate surface area is 250 Å². The first-order chi connectivity index (χ1) is 20.6. The average Bonchev–Trinajstić information content (AvgIpc) is 2.99. The Morgan fingerprint density at radius 3 is 1.95 bits per heavy atom. The van der Waals surface area contributed by atoms with Crippen molar-refractivity contribution in [1.29, 1.82) is 0 Å². The third-order valence-corrected chi connectivity index (χ3v) is 6.67. The standard InChI is InChI=1S/C31H37N7O5/c1-37(2)27(39)20-22-15-17-23(18-16-22)21-34-29(40)26(14-9-19-33-31(32)36-38(42)43)35-30(41)28(24-10-5-3-6-11-24)25-12-7-4-8-13-25/h3-8,10-13,15-18,26,28H,9,14,19-21H2,1-2H3,(H,34,40)(H,35,41)(H3,32,33,36)/t26-/m1/s1. The molecular weight excluding hydrogens is 550 g/mol. The molecule has 0 aliphatic carbocycles. The molecule has 3 aromatic rings. The van der Waals surface area contributed by atoms with Crippen LogP contribution in [0.3, 0.4) is 0 Å². The van der Waals surface area contributed by atoms with Gasteiger partial charge in [-0.05, 0) is 35.1 Å². The first-order valence-corrected chi connectivity index (χ1v) is 13.8. The van der Waals surface area contributed by atoms with Gasteiger partial charge in [0.2, 0.25) is 17.7 Å². The number of amides is 3. The molecule has 1 atom stereocenters. The average molecular weight is 588 g/mol. The number of nitrogens with two attached hydrogens (primary N) is 1. The summed E-state index contributed by atoms with van der Waals surface area (Å²) in [5.41, 5.74) is 8.74. The van der Waals surface area contributed by atoms with Crippen LogP contribution in [0.15, 0.2) is 90.0 Å². The minimum Gasteiger partial charge on any atom is -0.365 e. The Bertz CT molecular complexity index is 1360. The summed E-state index contributed by atoms with van der Waals surface area (Å²) in [6.07, 6.45) is 0.878. The summed E-state index contributed by atoms with van der Waals surface area (Å²) in [6.45, 7) is 0.422. The van der Waals surface area contributed by atoms with Crippen molar-refractivity contribution in [2.75, 3.05) is 20.6 Å². The van der Waals surface area contributed by atoms with E-state index in [-0.39, 0.29) is 49.6 Å². The van der Waals surface area contributed by atoms with Crippen LogP contribution in [0, 0.1) is 10.1 Å². The predicted octanol–water partition coefficient (Wildman–Crippen LogP) is 2.13. The lowest BCUT2D eigenvalue weighted by atomic mass is 9.90. The minimum absolute atomic E-state index is 0.00940. The van der Waals surface area contributed by atoms with E-state index in [4.69, 9.17) is 5.73 Å². The van der Waals surface area contributed by atoms with E-state index in [1.54, 1.807) is 14.1 Å². The summed E-state index contributed by atoms with van der Waals surface area (Å²) < 4.78 is 0. The summed E-state index contributed by atoms with van der Waals surface area (Å²) >= 11 is 0. The van der Waals surface area contributed by atoms with Crippen molar-refractivity contribution in [3.8, 4) is 0 Å². The van der Waals surface area contributed by atoms with E-state index >= 15 is 0 Å². The lowest BCUT2D eigenvalue weighted by Crippen LogP contribution is -2.48. The number of nitrogens with one attached hydrogen (secondary N) is 3. The van der Waals surface area contributed by atoms with Gasteiger partial charge in [0, 0.05) is 27.2 Å². The third-order valence-electron chi connectivity index (χ3n) is 6.67. The molecule has 12 nitrogen and oxygen atoms in total. The van der Waals surface area contributed by atoms with Gasteiger partial charge in [0.05, 0.1) is 12.3 Å².